The molecule has 4 unspecified atom stereocenters. The normalized spacial score (nSPS) is 37.8. The van der Waals surface area contributed by atoms with Crippen molar-refractivity contribution in [2.45, 2.75) is 80.4 Å². The van der Waals surface area contributed by atoms with E-state index in [0.29, 0.717) is 0 Å². The Morgan fingerprint density at radius 3 is 2.31 bits per heavy atom. The van der Waals surface area contributed by atoms with E-state index in [4.69, 9.17) is 26.1 Å². The summed E-state index contributed by atoms with van der Waals surface area (Å²) in [6.07, 6.45) is -13.2. The third-order valence-corrected chi connectivity index (χ3v) is 6.02. The zero-order valence-electron chi connectivity index (χ0n) is 18.3. The maximum absolute atomic E-state index is 12.3. The predicted molar refractivity (Wildman–Crippen MR) is 113 cm³/mol. The molecule has 0 spiro atoms. The van der Waals surface area contributed by atoms with E-state index in [9.17, 15) is 35.4 Å². The first-order chi connectivity index (χ1) is 16.7. The number of aliphatic hydroxyl groups is 6. The molecule has 194 valence electrons. The summed E-state index contributed by atoms with van der Waals surface area (Å²) in [5, 5.41) is 71.0. The van der Waals surface area contributed by atoms with Gasteiger partial charge in [0.25, 0.3) is 0 Å². The Balaban J connectivity index is 2.20. The fourth-order valence-corrected chi connectivity index (χ4v) is 4.14. The molecule has 0 bridgehead atoms. The van der Waals surface area contributed by atoms with E-state index in [-0.39, 0.29) is 19.4 Å². The lowest BCUT2D eigenvalue weighted by atomic mass is 9.76. The van der Waals surface area contributed by atoms with Gasteiger partial charge in [0, 0.05) is 27.7 Å². The van der Waals surface area contributed by atoms with Crippen LogP contribution in [0.5, 0.6) is 0 Å². The molecule has 1 heterocycles. The highest BCUT2D eigenvalue weighted by atomic mass is 16.7. The van der Waals surface area contributed by atoms with Crippen molar-refractivity contribution in [3.8, 4) is 0 Å². The van der Waals surface area contributed by atoms with Crippen molar-refractivity contribution >= 4 is 5.78 Å². The molecule has 18 heteroatoms. The number of ether oxygens (including phenoxy) is 2. The summed E-state index contributed by atoms with van der Waals surface area (Å²) >= 11 is 0. The van der Waals surface area contributed by atoms with E-state index >= 15 is 0 Å². The standard InChI is InChI=1S/C17H27N9O9/c18-24-21-2-1-8(28)9(29)4-6-3-7(22-25-19)16(15(33)12(6)30)35-17-11(23-26-20)14(32)13(31)10(5-27)34-17/h6-8,10-17,27-28,30-33H,1-5H2/t6-,7?,8-,10?,11?,12?,13+,14+,15+,16+,17+/m0/s1. The lowest BCUT2D eigenvalue weighted by Crippen LogP contribution is -2.62. The van der Waals surface area contributed by atoms with E-state index in [2.05, 4.69) is 30.1 Å². The van der Waals surface area contributed by atoms with Crippen LogP contribution in [0.15, 0.2) is 15.3 Å². The van der Waals surface area contributed by atoms with Gasteiger partial charge in [-0.1, -0.05) is 15.3 Å². The van der Waals surface area contributed by atoms with Crippen molar-refractivity contribution in [3.05, 3.63) is 31.3 Å². The topological polar surface area (TPSA) is 303 Å². The molecule has 0 radical (unpaired) electrons. The first-order valence-corrected chi connectivity index (χ1v) is 10.6. The van der Waals surface area contributed by atoms with Crippen molar-refractivity contribution in [1.82, 2.24) is 0 Å². The number of hydrogen-bond donors (Lipinski definition) is 6. The number of aliphatic hydroxyl groups excluding tert-OH is 6. The molecule has 6 N–H and O–H groups in total. The highest BCUT2D eigenvalue weighted by molar-refractivity contribution is 5.83. The Labute approximate surface area is 197 Å². The predicted octanol–water partition coefficient (Wildman–Crippen LogP) is -1.07. The minimum Gasteiger partial charge on any atom is -0.394 e. The van der Waals surface area contributed by atoms with Crippen LogP contribution in [0.2, 0.25) is 0 Å². The van der Waals surface area contributed by atoms with E-state index in [1.165, 1.54) is 0 Å². The van der Waals surface area contributed by atoms with Gasteiger partial charge in [-0.2, -0.15) is 0 Å². The average molecular weight is 501 g/mol. The van der Waals surface area contributed by atoms with Crippen LogP contribution < -0.4 is 0 Å². The second kappa shape index (κ2) is 13.4. The molecule has 0 aromatic heterocycles. The summed E-state index contributed by atoms with van der Waals surface area (Å²) < 4.78 is 11.0. The maximum atomic E-state index is 12.3. The summed E-state index contributed by atoms with van der Waals surface area (Å²) in [5.74, 6) is -1.63. The number of ketones is 1. The van der Waals surface area contributed by atoms with Crippen LogP contribution >= 0.6 is 0 Å². The number of hydrogen-bond acceptors (Lipinski definition) is 12. The van der Waals surface area contributed by atoms with Gasteiger partial charge in [0.1, 0.15) is 30.5 Å². The number of nitrogens with zero attached hydrogens (tertiary/aromatic N) is 9. The van der Waals surface area contributed by atoms with Gasteiger partial charge in [0.2, 0.25) is 0 Å². The minimum atomic E-state index is -1.75. The largest absolute Gasteiger partial charge is 0.394 e. The summed E-state index contributed by atoms with van der Waals surface area (Å²) in [4.78, 5) is 20.1. The van der Waals surface area contributed by atoms with Gasteiger partial charge in [-0.05, 0) is 35.4 Å². The fourth-order valence-electron chi connectivity index (χ4n) is 4.14. The van der Waals surface area contributed by atoms with Gasteiger partial charge in [-0.15, -0.1) is 0 Å². The van der Waals surface area contributed by atoms with Crippen LogP contribution in [0.4, 0.5) is 0 Å². The lowest BCUT2D eigenvalue weighted by molar-refractivity contribution is -0.295. The maximum Gasteiger partial charge on any atom is 0.169 e. The SMILES string of the molecule is [N-]=[N+]=NCC[C@H](O)C(=O)C[C@@H]1CC(N=[N+]=[N-])[C@@H](O[C@H]2OC(CO)[C@@H](O)[C@H](O)C2N=[N+]=[N-])[C@H](O)C1O. The molecular weight excluding hydrogens is 474 g/mol. The Hall–Kier alpha value is -2.72. The minimum absolute atomic E-state index is 0.125. The van der Waals surface area contributed by atoms with Gasteiger partial charge < -0.3 is 40.1 Å². The summed E-state index contributed by atoms with van der Waals surface area (Å²) in [7, 11) is 0. The van der Waals surface area contributed by atoms with Gasteiger partial charge in [0.05, 0.1) is 31.0 Å². The highest BCUT2D eigenvalue weighted by Gasteiger charge is 2.50. The Kier molecular flexibility index (Phi) is 10.9. The summed E-state index contributed by atoms with van der Waals surface area (Å²) in [5.41, 5.74) is 26.1. The van der Waals surface area contributed by atoms with Crippen LogP contribution in [0.25, 0.3) is 31.3 Å². The Bertz CT molecular complexity index is 877. The Morgan fingerprint density at radius 1 is 1.03 bits per heavy atom. The van der Waals surface area contributed by atoms with E-state index in [1.54, 1.807) is 0 Å². The fraction of sp³-hybridized carbons (Fsp3) is 0.941. The van der Waals surface area contributed by atoms with Crippen molar-refractivity contribution in [3.63, 3.8) is 0 Å². The molecule has 0 aromatic carbocycles. The summed E-state index contributed by atoms with van der Waals surface area (Å²) in [6, 6.07) is -2.68. The van der Waals surface area contributed by atoms with Crippen LogP contribution in [-0.4, -0.2) is 111 Å². The number of Topliss-reactive ketones (excluding diaryl/α,β-unsaturated/α-hetero) is 1. The number of azide groups is 3. The number of rotatable bonds is 11. The molecule has 0 amide bonds. The van der Waals surface area contributed by atoms with E-state index in [1.807, 2.05) is 0 Å². The molecule has 1 saturated heterocycles. The van der Waals surface area contributed by atoms with Gasteiger partial charge >= 0.3 is 0 Å². The second-order valence-corrected chi connectivity index (χ2v) is 8.18. The van der Waals surface area contributed by atoms with Gasteiger partial charge in [-0.3, -0.25) is 4.79 Å². The quantitative estimate of drug-likeness (QED) is 0.114. The smallest absolute Gasteiger partial charge is 0.169 e. The van der Waals surface area contributed by atoms with Crippen molar-refractivity contribution < 1.29 is 44.9 Å². The number of carbonyl (C=O) groups is 1. The number of carbonyl (C=O) groups excluding carboxylic acids is 1. The lowest BCUT2D eigenvalue weighted by Gasteiger charge is -2.46. The molecule has 11 atom stereocenters. The van der Waals surface area contributed by atoms with Crippen LogP contribution in [-0.2, 0) is 14.3 Å². The van der Waals surface area contributed by atoms with Crippen molar-refractivity contribution in [1.29, 1.82) is 0 Å². The first-order valence-electron chi connectivity index (χ1n) is 10.6. The molecule has 0 aromatic rings. The Morgan fingerprint density at radius 2 is 1.71 bits per heavy atom. The highest BCUT2D eigenvalue weighted by Crippen LogP contribution is 2.35. The summed E-state index contributed by atoms with van der Waals surface area (Å²) in [6.45, 7) is -0.859. The molecule has 2 fully saturated rings. The molecular formula is C17H27N9O9. The van der Waals surface area contributed by atoms with Crippen LogP contribution in [0.3, 0.4) is 0 Å². The van der Waals surface area contributed by atoms with E-state index in [0.717, 1.165) is 0 Å². The van der Waals surface area contributed by atoms with Crippen LogP contribution in [0.1, 0.15) is 19.3 Å². The molecule has 1 aliphatic heterocycles. The molecule has 1 aliphatic carbocycles. The van der Waals surface area contributed by atoms with E-state index < -0.39 is 85.8 Å². The second-order valence-electron chi connectivity index (χ2n) is 8.18. The average Bonchev–Trinajstić information content (AvgIpc) is 2.84. The van der Waals surface area contributed by atoms with Crippen molar-refractivity contribution in [2.75, 3.05) is 13.2 Å². The zero-order valence-corrected chi connectivity index (χ0v) is 18.3. The monoisotopic (exact) mass is 501 g/mol. The molecule has 1 saturated carbocycles. The third kappa shape index (κ3) is 6.91. The van der Waals surface area contributed by atoms with Crippen molar-refractivity contribution in [2.24, 2.45) is 21.3 Å². The molecule has 18 nitrogen and oxygen atoms in total. The first kappa shape index (κ1) is 28.5. The molecule has 2 rings (SSSR count). The zero-order chi connectivity index (χ0) is 26.1. The molecule has 2 aliphatic rings. The molecule has 35 heavy (non-hydrogen) atoms. The van der Waals surface area contributed by atoms with Gasteiger partial charge in [0.15, 0.2) is 12.1 Å². The third-order valence-electron chi connectivity index (χ3n) is 6.02. The van der Waals surface area contributed by atoms with Crippen LogP contribution in [0, 0.1) is 5.92 Å². The van der Waals surface area contributed by atoms with Gasteiger partial charge in [-0.25, -0.2) is 0 Å².